The molecule has 0 unspecified atom stereocenters. The molecule has 4 N–H and O–H groups in total. The molecule has 0 fully saturated rings. The summed E-state index contributed by atoms with van der Waals surface area (Å²) in [5.41, 5.74) is 7.63. The van der Waals surface area contributed by atoms with Crippen LogP contribution in [-0.4, -0.2) is 32.6 Å². The van der Waals surface area contributed by atoms with E-state index in [0.29, 0.717) is 30.4 Å². The third kappa shape index (κ3) is 3.72. The molecule has 0 atom stereocenters. The largest absolute Gasteiger partial charge is 1.00 e. The number of halogens is 2. The monoisotopic (exact) mass is 350 g/mol. The van der Waals surface area contributed by atoms with Gasteiger partial charge in [-0.15, -0.1) is 0 Å². The number of anilines is 3. The average Bonchev–Trinajstić information content (AvgIpc) is 2.98. The molecule has 24 heavy (non-hydrogen) atoms. The summed E-state index contributed by atoms with van der Waals surface area (Å²) in [6.45, 7) is 3.82. The predicted octanol–water partition coefficient (Wildman–Crippen LogP) is -0.896. The summed E-state index contributed by atoms with van der Waals surface area (Å²) in [5.74, 6) is 0.750. The average molecular weight is 351 g/mol. The number of imidazole rings is 1. The summed E-state index contributed by atoms with van der Waals surface area (Å²) < 4.78 is 15.0. The molecule has 1 aromatic carbocycles. The van der Waals surface area contributed by atoms with E-state index < -0.39 is 0 Å². The topological polar surface area (TPSA) is 93.7 Å². The summed E-state index contributed by atoms with van der Waals surface area (Å²) in [6, 6.07) is 6.07. The third-order valence-corrected chi connectivity index (χ3v) is 3.34. The van der Waals surface area contributed by atoms with Gasteiger partial charge in [-0.2, -0.15) is 9.97 Å². The minimum absolute atomic E-state index is 0. The van der Waals surface area contributed by atoms with Gasteiger partial charge in [0.25, 0.3) is 0 Å². The van der Waals surface area contributed by atoms with Gasteiger partial charge in [0.15, 0.2) is 17.0 Å². The molecule has 0 aliphatic carbocycles. The molecule has 0 spiro atoms. The lowest BCUT2D eigenvalue weighted by molar-refractivity contribution is -0.00000563. The van der Waals surface area contributed by atoms with Crippen LogP contribution in [0.3, 0.4) is 0 Å². The van der Waals surface area contributed by atoms with Gasteiger partial charge in [-0.1, -0.05) is 0 Å². The second-order valence-electron chi connectivity index (χ2n) is 4.95. The standard InChI is InChI=1S/C15H18FN7.ClH/c1-2-23-9-19-12-13(20-11-5-3-10(16)4-6-11)21-15(18-8-7-17)22-14(12)23;/h3-6,9H,2,7-8,17H2,1H3,(H2,18,20,21,22);1H/p-1. The SMILES string of the molecule is CCn1cnc2c(Nc3ccc(F)cc3)nc(NCCN)nc21.[Cl-]. The Morgan fingerprint density at radius 3 is 2.62 bits per heavy atom. The van der Waals surface area contributed by atoms with Gasteiger partial charge < -0.3 is 33.3 Å². The zero-order valence-electron chi connectivity index (χ0n) is 13.1. The van der Waals surface area contributed by atoms with Crippen LogP contribution in [0.1, 0.15) is 6.92 Å². The van der Waals surface area contributed by atoms with Crippen LogP contribution >= 0.6 is 0 Å². The van der Waals surface area contributed by atoms with Crippen molar-refractivity contribution in [3.63, 3.8) is 0 Å². The first kappa shape index (κ1) is 17.9. The van der Waals surface area contributed by atoms with E-state index in [4.69, 9.17) is 5.73 Å². The smallest absolute Gasteiger partial charge is 0.226 e. The Labute approximate surface area is 144 Å². The number of hydrogen-bond acceptors (Lipinski definition) is 6. The van der Waals surface area contributed by atoms with Gasteiger partial charge in [0, 0.05) is 25.3 Å². The summed E-state index contributed by atoms with van der Waals surface area (Å²) in [5, 5.41) is 6.24. The van der Waals surface area contributed by atoms with E-state index >= 15 is 0 Å². The minimum Gasteiger partial charge on any atom is -1.00 e. The highest BCUT2D eigenvalue weighted by molar-refractivity contribution is 5.86. The number of rotatable bonds is 6. The molecule has 0 bridgehead atoms. The molecular weight excluding hydrogens is 333 g/mol. The lowest BCUT2D eigenvalue weighted by Crippen LogP contribution is -3.00. The zero-order chi connectivity index (χ0) is 16.2. The number of aryl methyl sites for hydroxylation is 1. The van der Waals surface area contributed by atoms with E-state index in [-0.39, 0.29) is 18.2 Å². The Balaban J connectivity index is 0.00000208. The molecule has 3 aromatic rings. The van der Waals surface area contributed by atoms with Crippen molar-refractivity contribution >= 4 is 28.6 Å². The second-order valence-corrected chi connectivity index (χ2v) is 4.95. The number of nitrogens with two attached hydrogens (primary N) is 1. The van der Waals surface area contributed by atoms with Crippen molar-refractivity contribution in [1.82, 2.24) is 19.5 Å². The highest BCUT2D eigenvalue weighted by atomic mass is 35.5. The summed E-state index contributed by atoms with van der Waals surface area (Å²) in [6.07, 6.45) is 1.72. The first-order valence-corrected chi connectivity index (χ1v) is 7.40. The predicted molar refractivity (Wildman–Crippen MR) is 88.2 cm³/mol. The zero-order valence-corrected chi connectivity index (χ0v) is 13.9. The Bertz CT molecular complexity index is 803. The van der Waals surface area contributed by atoms with Crippen LogP contribution in [0.15, 0.2) is 30.6 Å². The Morgan fingerprint density at radius 1 is 1.21 bits per heavy atom. The molecule has 0 aliphatic rings. The molecule has 128 valence electrons. The van der Waals surface area contributed by atoms with E-state index in [1.165, 1.54) is 12.1 Å². The molecule has 0 radical (unpaired) electrons. The van der Waals surface area contributed by atoms with Crippen molar-refractivity contribution in [2.75, 3.05) is 23.7 Å². The minimum atomic E-state index is -0.288. The van der Waals surface area contributed by atoms with E-state index in [2.05, 4.69) is 25.6 Å². The second kappa shape index (κ2) is 7.89. The van der Waals surface area contributed by atoms with Gasteiger partial charge in [0.1, 0.15) is 5.82 Å². The number of hydrogen-bond donors (Lipinski definition) is 3. The molecule has 0 saturated carbocycles. The normalized spacial score (nSPS) is 10.5. The van der Waals surface area contributed by atoms with E-state index in [1.807, 2.05) is 11.5 Å². The van der Waals surface area contributed by atoms with Crippen molar-refractivity contribution < 1.29 is 16.8 Å². The maximum absolute atomic E-state index is 13.0. The van der Waals surface area contributed by atoms with Crippen molar-refractivity contribution in [2.45, 2.75) is 13.5 Å². The first-order valence-electron chi connectivity index (χ1n) is 7.40. The Morgan fingerprint density at radius 2 is 1.96 bits per heavy atom. The van der Waals surface area contributed by atoms with Gasteiger partial charge in [-0.3, -0.25) is 0 Å². The van der Waals surface area contributed by atoms with Crippen LogP contribution in [0.4, 0.5) is 21.8 Å². The van der Waals surface area contributed by atoms with Gasteiger partial charge in [-0.05, 0) is 31.2 Å². The third-order valence-electron chi connectivity index (χ3n) is 3.34. The molecule has 0 aliphatic heterocycles. The van der Waals surface area contributed by atoms with E-state index in [0.717, 1.165) is 17.9 Å². The Hall–Kier alpha value is -2.45. The van der Waals surface area contributed by atoms with Crippen LogP contribution in [0, 0.1) is 5.82 Å². The quantitative estimate of drug-likeness (QED) is 0.533. The summed E-state index contributed by atoms with van der Waals surface area (Å²) in [4.78, 5) is 13.3. The molecule has 2 heterocycles. The number of fused-ring (bicyclic) bond motifs is 1. The number of benzene rings is 1. The fourth-order valence-electron chi connectivity index (χ4n) is 2.20. The highest BCUT2D eigenvalue weighted by Gasteiger charge is 2.13. The maximum Gasteiger partial charge on any atom is 0.226 e. The van der Waals surface area contributed by atoms with Gasteiger partial charge >= 0.3 is 0 Å². The summed E-state index contributed by atoms with van der Waals surface area (Å²) in [7, 11) is 0. The molecular formula is C15H18ClFN7-. The molecule has 3 rings (SSSR count). The molecule has 7 nitrogen and oxygen atoms in total. The fraction of sp³-hybridized carbons (Fsp3) is 0.267. The Kier molecular flexibility index (Phi) is 5.88. The lowest BCUT2D eigenvalue weighted by Gasteiger charge is -2.10. The first-order chi connectivity index (χ1) is 11.2. The van der Waals surface area contributed by atoms with Crippen LogP contribution in [0.5, 0.6) is 0 Å². The fourth-order valence-corrected chi connectivity index (χ4v) is 2.20. The summed E-state index contributed by atoms with van der Waals surface area (Å²) >= 11 is 0. The van der Waals surface area contributed by atoms with Crippen LogP contribution in [0.25, 0.3) is 11.2 Å². The molecule has 0 saturated heterocycles. The van der Waals surface area contributed by atoms with Crippen molar-refractivity contribution in [1.29, 1.82) is 0 Å². The van der Waals surface area contributed by atoms with Crippen LogP contribution in [-0.2, 0) is 6.54 Å². The van der Waals surface area contributed by atoms with Crippen LogP contribution < -0.4 is 28.8 Å². The van der Waals surface area contributed by atoms with E-state index in [9.17, 15) is 4.39 Å². The van der Waals surface area contributed by atoms with Crippen molar-refractivity contribution in [2.24, 2.45) is 5.73 Å². The molecule has 2 aromatic heterocycles. The number of nitrogens with one attached hydrogen (secondary N) is 2. The van der Waals surface area contributed by atoms with Crippen molar-refractivity contribution in [3.8, 4) is 0 Å². The molecule has 9 heteroatoms. The maximum atomic E-state index is 13.0. The molecule has 0 amide bonds. The number of nitrogens with zero attached hydrogens (tertiary/aromatic N) is 4. The van der Waals surface area contributed by atoms with E-state index in [1.54, 1.807) is 18.5 Å². The van der Waals surface area contributed by atoms with Crippen LogP contribution in [0.2, 0.25) is 0 Å². The number of aromatic nitrogens is 4. The van der Waals surface area contributed by atoms with Gasteiger partial charge in [0.2, 0.25) is 5.95 Å². The van der Waals surface area contributed by atoms with Gasteiger partial charge in [-0.25, -0.2) is 9.37 Å². The van der Waals surface area contributed by atoms with Crippen molar-refractivity contribution in [3.05, 3.63) is 36.4 Å². The lowest BCUT2D eigenvalue weighted by atomic mass is 10.3. The highest BCUT2D eigenvalue weighted by Crippen LogP contribution is 2.24. The van der Waals surface area contributed by atoms with Gasteiger partial charge in [0.05, 0.1) is 6.33 Å².